The molecular weight excluding hydrogens is 457 g/mol. The summed E-state index contributed by atoms with van der Waals surface area (Å²) >= 11 is 13.3. The van der Waals surface area contributed by atoms with E-state index in [0.717, 1.165) is 5.56 Å². The minimum atomic E-state index is -0.402. The quantitative estimate of drug-likeness (QED) is 0.483. The number of rotatable bonds is 7. The number of thioether (sulfide) groups is 1. The van der Waals surface area contributed by atoms with E-state index in [4.69, 9.17) is 23.2 Å². The molecule has 1 atom stereocenters. The Morgan fingerprint density at radius 3 is 2.61 bits per heavy atom. The highest BCUT2D eigenvalue weighted by Gasteiger charge is 2.20. The van der Waals surface area contributed by atoms with Gasteiger partial charge in [-0.05, 0) is 49.7 Å². The normalized spacial score (nSPS) is 11.8. The van der Waals surface area contributed by atoms with Crippen LogP contribution in [-0.4, -0.2) is 32.3 Å². The van der Waals surface area contributed by atoms with Gasteiger partial charge in [-0.15, -0.1) is 10.2 Å². The highest BCUT2D eigenvalue weighted by molar-refractivity contribution is 7.99. The summed E-state index contributed by atoms with van der Waals surface area (Å²) in [5.74, 6) is 0.263. The van der Waals surface area contributed by atoms with Crippen LogP contribution in [0.4, 0.5) is 5.69 Å². The maximum atomic E-state index is 12.5. The number of nitrogens with zero attached hydrogens (tertiary/aromatic N) is 3. The summed E-state index contributed by atoms with van der Waals surface area (Å²) in [6, 6.07) is 11.7. The number of hydrogen-bond donors (Lipinski definition) is 2. The van der Waals surface area contributed by atoms with Gasteiger partial charge in [0.2, 0.25) is 5.91 Å². The molecule has 0 unspecified atom stereocenters. The van der Waals surface area contributed by atoms with E-state index in [9.17, 15) is 9.59 Å². The van der Waals surface area contributed by atoms with E-state index in [0.29, 0.717) is 32.3 Å². The first kappa shape index (κ1) is 23.1. The molecule has 0 radical (unpaired) electrons. The van der Waals surface area contributed by atoms with Crippen LogP contribution in [0.15, 0.2) is 47.6 Å². The first-order chi connectivity index (χ1) is 14.8. The molecule has 0 aliphatic carbocycles. The molecule has 0 fully saturated rings. The lowest BCUT2D eigenvalue weighted by Crippen LogP contribution is -2.28. The van der Waals surface area contributed by atoms with Gasteiger partial charge in [0.1, 0.15) is 0 Å². The summed E-state index contributed by atoms with van der Waals surface area (Å²) in [4.78, 5) is 24.8. The van der Waals surface area contributed by atoms with Crippen LogP contribution in [0, 0.1) is 6.92 Å². The third-order valence-electron chi connectivity index (χ3n) is 4.52. The third-order valence-corrected chi connectivity index (χ3v) is 6.10. The van der Waals surface area contributed by atoms with Crippen molar-refractivity contribution in [1.82, 2.24) is 20.1 Å². The summed E-state index contributed by atoms with van der Waals surface area (Å²) < 4.78 is 1.75. The van der Waals surface area contributed by atoms with Gasteiger partial charge in [-0.25, -0.2) is 0 Å². The molecule has 10 heteroatoms. The standard InChI is InChI=1S/C21H21Cl2N5O2S/c1-12-10-14(22)8-9-17(12)25-18(29)11-31-21-27-26-19(28(21)3)13(2)24-20(30)15-6-4-5-7-16(15)23/h4-10,13H,11H2,1-3H3,(H,24,30)(H,25,29)/t13-/m1/s1. The summed E-state index contributed by atoms with van der Waals surface area (Å²) in [6.07, 6.45) is 0. The average Bonchev–Trinajstić information content (AvgIpc) is 3.09. The Labute approximate surface area is 194 Å². The molecular formula is C21H21Cl2N5O2S. The molecule has 2 N–H and O–H groups in total. The smallest absolute Gasteiger partial charge is 0.253 e. The second kappa shape index (κ2) is 10.2. The van der Waals surface area contributed by atoms with Crippen LogP contribution >= 0.6 is 35.0 Å². The lowest BCUT2D eigenvalue weighted by molar-refractivity contribution is -0.113. The van der Waals surface area contributed by atoms with Gasteiger partial charge < -0.3 is 15.2 Å². The van der Waals surface area contributed by atoms with E-state index in [2.05, 4.69) is 20.8 Å². The zero-order valence-corrected chi connectivity index (χ0v) is 19.5. The number of benzene rings is 2. The zero-order chi connectivity index (χ0) is 22.5. The Kier molecular flexibility index (Phi) is 7.59. The fourth-order valence-electron chi connectivity index (χ4n) is 2.90. The van der Waals surface area contributed by atoms with Gasteiger partial charge in [0.15, 0.2) is 11.0 Å². The van der Waals surface area contributed by atoms with E-state index in [1.165, 1.54) is 11.8 Å². The molecule has 2 aromatic carbocycles. The molecule has 1 heterocycles. The van der Waals surface area contributed by atoms with Crippen LogP contribution in [-0.2, 0) is 11.8 Å². The van der Waals surface area contributed by atoms with Crippen molar-refractivity contribution in [3.63, 3.8) is 0 Å². The Hall–Kier alpha value is -2.55. The number of nitrogens with one attached hydrogen (secondary N) is 2. The number of carbonyl (C=O) groups is 2. The van der Waals surface area contributed by atoms with Crippen molar-refractivity contribution >= 4 is 52.5 Å². The molecule has 3 rings (SSSR count). The maximum absolute atomic E-state index is 12.5. The van der Waals surface area contributed by atoms with E-state index in [-0.39, 0.29) is 17.6 Å². The van der Waals surface area contributed by atoms with Gasteiger partial charge in [-0.1, -0.05) is 47.1 Å². The van der Waals surface area contributed by atoms with Crippen LogP contribution in [0.1, 0.15) is 34.7 Å². The number of halogens is 2. The molecule has 1 aromatic heterocycles. The predicted octanol–water partition coefficient (Wildman–Crippen LogP) is 4.65. The fraction of sp³-hybridized carbons (Fsp3) is 0.238. The summed E-state index contributed by atoms with van der Waals surface area (Å²) in [6.45, 7) is 3.69. The van der Waals surface area contributed by atoms with Gasteiger partial charge >= 0.3 is 0 Å². The van der Waals surface area contributed by atoms with Crippen molar-refractivity contribution < 1.29 is 9.59 Å². The zero-order valence-electron chi connectivity index (χ0n) is 17.1. The average molecular weight is 478 g/mol. The van der Waals surface area contributed by atoms with E-state index in [1.807, 2.05) is 13.8 Å². The second-order valence-corrected chi connectivity index (χ2v) is 8.66. The monoisotopic (exact) mass is 477 g/mol. The molecule has 0 aliphatic heterocycles. The molecule has 162 valence electrons. The number of anilines is 1. The van der Waals surface area contributed by atoms with Crippen LogP contribution in [0.3, 0.4) is 0 Å². The Bertz CT molecular complexity index is 1120. The van der Waals surface area contributed by atoms with Gasteiger partial charge in [0.05, 0.1) is 22.4 Å². The van der Waals surface area contributed by atoms with Crippen LogP contribution in [0.25, 0.3) is 0 Å². The minimum Gasteiger partial charge on any atom is -0.342 e. The Morgan fingerprint density at radius 1 is 1.16 bits per heavy atom. The summed E-state index contributed by atoms with van der Waals surface area (Å²) in [5, 5.41) is 15.6. The highest BCUT2D eigenvalue weighted by Crippen LogP contribution is 2.22. The van der Waals surface area contributed by atoms with E-state index in [1.54, 1.807) is 54.1 Å². The van der Waals surface area contributed by atoms with Crippen molar-refractivity contribution in [1.29, 1.82) is 0 Å². The highest BCUT2D eigenvalue weighted by atomic mass is 35.5. The molecule has 0 saturated carbocycles. The van der Waals surface area contributed by atoms with Crippen molar-refractivity contribution in [3.8, 4) is 0 Å². The van der Waals surface area contributed by atoms with Gasteiger partial charge in [-0.3, -0.25) is 9.59 Å². The summed E-state index contributed by atoms with van der Waals surface area (Å²) in [5.41, 5.74) is 1.99. The molecule has 3 aromatic rings. The topological polar surface area (TPSA) is 88.9 Å². The first-order valence-electron chi connectivity index (χ1n) is 9.39. The maximum Gasteiger partial charge on any atom is 0.253 e. The van der Waals surface area contributed by atoms with Gasteiger partial charge in [-0.2, -0.15) is 0 Å². The third kappa shape index (κ3) is 5.78. The molecule has 0 spiro atoms. The van der Waals surface area contributed by atoms with Crippen molar-refractivity contribution in [2.75, 3.05) is 11.1 Å². The second-order valence-electron chi connectivity index (χ2n) is 6.87. The number of aryl methyl sites for hydroxylation is 1. The van der Waals surface area contributed by atoms with Gasteiger partial charge in [0.25, 0.3) is 5.91 Å². The molecule has 0 aliphatic rings. The van der Waals surface area contributed by atoms with Crippen LogP contribution in [0.2, 0.25) is 10.0 Å². The van der Waals surface area contributed by atoms with Crippen LogP contribution < -0.4 is 10.6 Å². The lowest BCUT2D eigenvalue weighted by Gasteiger charge is -2.14. The van der Waals surface area contributed by atoms with Crippen LogP contribution in [0.5, 0.6) is 0 Å². The Morgan fingerprint density at radius 2 is 1.90 bits per heavy atom. The molecule has 0 bridgehead atoms. The van der Waals surface area contributed by atoms with Crippen molar-refractivity contribution in [2.24, 2.45) is 7.05 Å². The van der Waals surface area contributed by atoms with Crippen molar-refractivity contribution in [3.05, 3.63) is 69.5 Å². The minimum absolute atomic E-state index is 0.161. The number of carbonyl (C=O) groups excluding carboxylic acids is 2. The van der Waals surface area contributed by atoms with E-state index >= 15 is 0 Å². The molecule has 7 nitrogen and oxygen atoms in total. The number of amides is 2. The predicted molar refractivity (Wildman–Crippen MR) is 124 cm³/mol. The number of aromatic nitrogens is 3. The summed E-state index contributed by atoms with van der Waals surface area (Å²) in [7, 11) is 1.79. The lowest BCUT2D eigenvalue weighted by atomic mass is 10.2. The molecule has 31 heavy (non-hydrogen) atoms. The molecule has 0 saturated heterocycles. The molecule has 2 amide bonds. The SMILES string of the molecule is Cc1cc(Cl)ccc1NC(=O)CSc1nnc([C@@H](C)NC(=O)c2ccccc2Cl)n1C. The first-order valence-corrected chi connectivity index (χ1v) is 11.1. The van der Waals surface area contributed by atoms with Crippen molar-refractivity contribution in [2.45, 2.75) is 25.0 Å². The fourth-order valence-corrected chi connectivity index (χ4v) is 4.06. The van der Waals surface area contributed by atoms with Gasteiger partial charge in [0, 0.05) is 17.8 Å². The number of hydrogen-bond acceptors (Lipinski definition) is 5. The van der Waals surface area contributed by atoms with E-state index < -0.39 is 6.04 Å². The largest absolute Gasteiger partial charge is 0.342 e. The Balaban J connectivity index is 1.59.